The average molecular weight is 401 g/mol. The van der Waals surface area contributed by atoms with Gasteiger partial charge in [0, 0.05) is 0 Å². The first kappa shape index (κ1) is 14.6. The van der Waals surface area contributed by atoms with Gasteiger partial charge in [0.25, 0.3) is 0 Å². The highest BCUT2D eigenvalue weighted by Gasteiger charge is 2.08. The predicted molar refractivity (Wildman–Crippen MR) is 95.1 cm³/mol. The van der Waals surface area contributed by atoms with Crippen molar-refractivity contribution in [1.82, 2.24) is 9.97 Å². The standard InChI is InChI=1S/C17H12IN3O/c1-10-2-4-14-15(6-10)21-17(20-14)12(9-19)7-11-3-5-16(22)13(18)8-11/h2-8,22H,1H3,(H,20,21)/b12-7+. The molecule has 0 atom stereocenters. The Kier molecular flexibility index (Phi) is 3.86. The second-order valence-electron chi connectivity index (χ2n) is 4.99. The van der Waals surface area contributed by atoms with Gasteiger partial charge in [-0.05, 0) is 71.0 Å². The van der Waals surface area contributed by atoms with Crippen molar-refractivity contribution in [3.63, 3.8) is 0 Å². The molecule has 0 fully saturated rings. The van der Waals surface area contributed by atoms with E-state index >= 15 is 0 Å². The van der Waals surface area contributed by atoms with Crippen LogP contribution in [0.1, 0.15) is 17.0 Å². The Morgan fingerprint density at radius 2 is 2.14 bits per heavy atom. The van der Waals surface area contributed by atoms with Gasteiger partial charge in [-0.15, -0.1) is 0 Å². The van der Waals surface area contributed by atoms with Crippen LogP contribution in [0.15, 0.2) is 36.4 Å². The van der Waals surface area contributed by atoms with E-state index in [9.17, 15) is 10.4 Å². The molecule has 108 valence electrons. The van der Waals surface area contributed by atoms with Crippen molar-refractivity contribution >= 4 is 45.3 Å². The number of aromatic hydroxyl groups is 1. The Morgan fingerprint density at radius 1 is 1.32 bits per heavy atom. The number of phenolic OH excluding ortho intramolecular Hbond substituents is 1. The van der Waals surface area contributed by atoms with Gasteiger partial charge in [0.05, 0.1) is 20.2 Å². The number of benzene rings is 2. The predicted octanol–water partition coefficient (Wildman–Crippen LogP) is 4.25. The van der Waals surface area contributed by atoms with Crippen LogP contribution in [0.3, 0.4) is 0 Å². The fraction of sp³-hybridized carbons (Fsp3) is 0.0588. The summed E-state index contributed by atoms with van der Waals surface area (Å²) in [4.78, 5) is 7.64. The summed E-state index contributed by atoms with van der Waals surface area (Å²) in [6.45, 7) is 2.01. The molecular weight excluding hydrogens is 389 g/mol. The molecule has 0 bridgehead atoms. The van der Waals surface area contributed by atoms with E-state index < -0.39 is 0 Å². The minimum Gasteiger partial charge on any atom is -0.507 e. The molecule has 4 nitrogen and oxygen atoms in total. The molecule has 1 heterocycles. The largest absolute Gasteiger partial charge is 0.507 e. The topological polar surface area (TPSA) is 72.7 Å². The maximum absolute atomic E-state index is 9.56. The number of allylic oxidation sites excluding steroid dienone is 1. The molecule has 0 amide bonds. The second-order valence-corrected chi connectivity index (χ2v) is 6.15. The number of aromatic nitrogens is 2. The number of nitrogens with one attached hydrogen (secondary N) is 1. The van der Waals surface area contributed by atoms with E-state index in [2.05, 4.69) is 38.6 Å². The lowest BCUT2D eigenvalue weighted by molar-refractivity contribution is 0.471. The third kappa shape index (κ3) is 2.83. The number of phenols is 1. The third-order valence-corrected chi connectivity index (χ3v) is 4.16. The van der Waals surface area contributed by atoms with E-state index in [0.29, 0.717) is 11.4 Å². The second kappa shape index (κ2) is 5.81. The highest BCUT2D eigenvalue weighted by molar-refractivity contribution is 14.1. The summed E-state index contributed by atoms with van der Waals surface area (Å²) in [6, 6.07) is 13.3. The minimum atomic E-state index is 0.232. The van der Waals surface area contributed by atoms with Crippen LogP contribution in [0.25, 0.3) is 22.7 Å². The SMILES string of the molecule is Cc1ccc2nc(/C(C#N)=C/c3ccc(O)c(I)c3)[nH]c2c1. The van der Waals surface area contributed by atoms with E-state index in [1.54, 1.807) is 18.2 Å². The fourth-order valence-corrected chi connectivity index (χ4v) is 2.72. The molecule has 0 aliphatic heterocycles. The van der Waals surface area contributed by atoms with Crippen LogP contribution in [0.4, 0.5) is 0 Å². The minimum absolute atomic E-state index is 0.232. The molecule has 0 radical (unpaired) electrons. The molecule has 0 saturated carbocycles. The van der Waals surface area contributed by atoms with Gasteiger partial charge in [-0.3, -0.25) is 0 Å². The zero-order valence-corrected chi connectivity index (χ0v) is 13.9. The quantitative estimate of drug-likeness (QED) is 0.498. The summed E-state index contributed by atoms with van der Waals surface area (Å²) in [6.07, 6.45) is 1.76. The normalized spacial score (nSPS) is 11.6. The van der Waals surface area contributed by atoms with Crippen molar-refractivity contribution in [1.29, 1.82) is 5.26 Å². The summed E-state index contributed by atoms with van der Waals surface area (Å²) < 4.78 is 0.740. The van der Waals surface area contributed by atoms with E-state index in [1.807, 2.05) is 31.2 Å². The van der Waals surface area contributed by atoms with Crippen molar-refractivity contribution in [2.45, 2.75) is 6.92 Å². The highest BCUT2D eigenvalue weighted by atomic mass is 127. The number of halogens is 1. The molecular formula is C17H12IN3O. The van der Waals surface area contributed by atoms with Gasteiger partial charge >= 0.3 is 0 Å². The monoisotopic (exact) mass is 401 g/mol. The van der Waals surface area contributed by atoms with E-state index in [-0.39, 0.29) is 5.75 Å². The van der Waals surface area contributed by atoms with Crippen LogP contribution in [0.2, 0.25) is 0 Å². The molecule has 0 unspecified atom stereocenters. The number of rotatable bonds is 2. The Balaban J connectivity index is 2.07. The number of aromatic amines is 1. The van der Waals surface area contributed by atoms with Crippen molar-refractivity contribution < 1.29 is 5.11 Å². The smallest absolute Gasteiger partial charge is 0.149 e. The van der Waals surface area contributed by atoms with Crippen LogP contribution in [-0.2, 0) is 0 Å². The van der Waals surface area contributed by atoms with Crippen molar-refractivity contribution in [3.05, 3.63) is 56.9 Å². The summed E-state index contributed by atoms with van der Waals surface area (Å²) in [7, 11) is 0. The van der Waals surface area contributed by atoms with Crippen LogP contribution in [-0.4, -0.2) is 15.1 Å². The summed E-state index contributed by atoms with van der Waals surface area (Å²) >= 11 is 2.05. The van der Waals surface area contributed by atoms with Gasteiger partial charge in [0.1, 0.15) is 17.6 Å². The van der Waals surface area contributed by atoms with E-state index in [1.165, 1.54) is 0 Å². The molecule has 22 heavy (non-hydrogen) atoms. The van der Waals surface area contributed by atoms with Crippen molar-refractivity contribution in [2.75, 3.05) is 0 Å². The first-order valence-corrected chi connectivity index (χ1v) is 7.72. The molecule has 0 saturated heterocycles. The van der Waals surface area contributed by atoms with Crippen LogP contribution >= 0.6 is 22.6 Å². The summed E-state index contributed by atoms with van der Waals surface area (Å²) in [5.41, 5.74) is 4.18. The van der Waals surface area contributed by atoms with Gasteiger partial charge in [-0.2, -0.15) is 5.26 Å². The number of fused-ring (bicyclic) bond motifs is 1. The average Bonchev–Trinajstić information content (AvgIpc) is 2.91. The summed E-state index contributed by atoms with van der Waals surface area (Å²) in [5.74, 6) is 0.779. The molecule has 2 aromatic carbocycles. The van der Waals surface area contributed by atoms with Crippen LogP contribution in [0.5, 0.6) is 5.75 Å². The first-order valence-electron chi connectivity index (χ1n) is 6.64. The zero-order chi connectivity index (χ0) is 15.7. The Bertz CT molecular complexity index is 935. The molecule has 1 aromatic heterocycles. The van der Waals surface area contributed by atoms with Gasteiger partial charge < -0.3 is 10.1 Å². The maximum Gasteiger partial charge on any atom is 0.149 e. The van der Waals surface area contributed by atoms with E-state index in [4.69, 9.17) is 0 Å². The third-order valence-electron chi connectivity index (χ3n) is 3.30. The highest BCUT2D eigenvalue weighted by Crippen LogP contribution is 2.24. The zero-order valence-electron chi connectivity index (χ0n) is 11.8. The van der Waals surface area contributed by atoms with Crippen molar-refractivity contribution in [3.8, 4) is 11.8 Å². The lowest BCUT2D eigenvalue weighted by Gasteiger charge is -1.99. The van der Waals surface area contributed by atoms with Gasteiger partial charge in [0.15, 0.2) is 0 Å². The Labute approximate surface area is 141 Å². The maximum atomic E-state index is 9.56. The van der Waals surface area contributed by atoms with Crippen molar-refractivity contribution in [2.24, 2.45) is 0 Å². The molecule has 5 heteroatoms. The number of nitriles is 1. The van der Waals surface area contributed by atoms with Crippen LogP contribution < -0.4 is 0 Å². The lowest BCUT2D eigenvalue weighted by atomic mass is 10.1. The molecule has 0 aliphatic carbocycles. The Morgan fingerprint density at radius 3 is 2.86 bits per heavy atom. The van der Waals surface area contributed by atoms with Crippen LogP contribution in [0, 0.1) is 21.8 Å². The van der Waals surface area contributed by atoms with E-state index in [0.717, 1.165) is 25.7 Å². The number of aryl methyl sites for hydroxylation is 1. The number of H-pyrrole nitrogens is 1. The molecule has 3 rings (SSSR count). The van der Waals surface area contributed by atoms with Gasteiger partial charge in [-0.1, -0.05) is 12.1 Å². The lowest BCUT2D eigenvalue weighted by Crippen LogP contribution is -1.85. The molecule has 0 aliphatic rings. The number of nitrogens with zero attached hydrogens (tertiary/aromatic N) is 2. The first-order chi connectivity index (χ1) is 10.6. The van der Waals surface area contributed by atoms with Gasteiger partial charge in [0.2, 0.25) is 0 Å². The van der Waals surface area contributed by atoms with Gasteiger partial charge in [-0.25, -0.2) is 4.98 Å². The fourth-order valence-electron chi connectivity index (χ4n) is 2.18. The Hall–Kier alpha value is -2.33. The summed E-state index contributed by atoms with van der Waals surface area (Å²) in [5, 5.41) is 19.0. The molecule has 3 aromatic rings. The molecule has 2 N–H and O–H groups in total. The number of hydrogen-bond donors (Lipinski definition) is 2. The molecule has 0 spiro atoms. The number of imidazole rings is 1. The number of hydrogen-bond acceptors (Lipinski definition) is 3.